The van der Waals surface area contributed by atoms with E-state index in [9.17, 15) is 16.8 Å². The SMILES string of the molecule is O=S(=O)(NC1CCCCC1)c1ccc2c(c1)C(Br)c1cc(S(=O)(=O)NC3CCCCC3)ccc1-2. The molecule has 0 aromatic heterocycles. The summed E-state index contributed by atoms with van der Waals surface area (Å²) in [5.74, 6) is 0. The van der Waals surface area contributed by atoms with E-state index in [1.165, 1.54) is 0 Å². The van der Waals surface area contributed by atoms with Gasteiger partial charge in [0.15, 0.2) is 0 Å². The molecule has 2 fully saturated rings. The van der Waals surface area contributed by atoms with Gasteiger partial charge in [0.25, 0.3) is 0 Å². The lowest BCUT2D eigenvalue weighted by Gasteiger charge is -2.22. The first kappa shape index (κ1) is 24.4. The molecule has 0 saturated heterocycles. The Morgan fingerprint density at radius 3 is 1.38 bits per heavy atom. The molecule has 2 aromatic carbocycles. The maximum absolute atomic E-state index is 13.0. The van der Waals surface area contributed by atoms with Gasteiger partial charge in [0.1, 0.15) is 0 Å². The van der Waals surface area contributed by atoms with E-state index in [4.69, 9.17) is 0 Å². The normalized spacial score (nSPS) is 20.3. The average molecular weight is 568 g/mol. The van der Waals surface area contributed by atoms with Gasteiger partial charge in [-0.2, -0.15) is 0 Å². The summed E-state index contributed by atoms with van der Waals surface area (Å²) in [6.45, 7) is 0. The number of halogens is 1. The molecule has 5 rings (SSSR count). The van der Waals surface area contributed by atoms with Gasteiger partial charge in [0, 0.05) is 12.1 Å². The van der Waals surface area contributed by atoms with Crippen molar-refractivity contribution in [2.24, 2.45) is 0 Å². The second-order valence-corrected chi connectivity index (χ2v) is 14.1. The predicted molar refractivity (Wildman–Crippen MR) is 137 cm³/mol. The Hall–Kier alpha value is -1.26. The molecule has 0 atom stereocenters. The van der Waals surface area contributed by atoms with Gasteiger partial charge in [-0.1, -0.05) is 66.6 Å². The van der Waals surface area contributed by atoms with Crippen molar-refractivity contribution in [2.45, 2.75) is 90.9 Å². The largest absolute Gasteiger partial charge is 0.240 e. The molecule has 3 aliphatic carbocycles. The van der Waals surface area contributed by atoms with Crippen molar-refractivity contribution in [1.29, 1.82) is 0 Å². The van der Waals surface area contributed by atoms with Crippen LogP contribution in [0.1, 0.15) is 80.2 Å². The highest BCUT2D eigenvalue weighted by atomic mass is 79.9. The van der Waals surface area contributed by atoms with Crippen LogP contribution in [0.5, 0.6) is 0 Å². The number of alkyl halides is 1. The van der Waals surface area contributed by atoms with Crippen LogP contribution in [0.3, 0.4) is 0 Å². The molecule has 2 N–H and O–H groups in total. The topological polar surface area (TPSA) is 92.3 Å². The monoisotopic (exact) mass is 566 g/mol. The fourth-order valence-corrected chi connectivity index (χ4v) is 8.95. The van der Waals surface area contributed by atoms with Crippen molar-refractivity contribution >= 4 is 36.0 Å². The molecule has 3 aliphatic rings. The first-order valence-corrected chi connectivity index (χ1v) is 16.1. The summed E-state index contributed by atoms with van der Waals surface area (Å²) >= 11 is 3.70. The third-order valence-corrected chi connectivity index (χ3v) is 11.4. The summed E-state index contributed by atoms with van der Waals surface area (Å²) < 4.78 is 57.9. The van der Waals surface area contributed by atoms with Crippen LogP contribution in [0.15, 0.2) is 46.2 Å². The molecule has 184 valence electrons. The molecule has 2 aromatic rings. The van der Waals surface area contributed by atoms with Crippen LogP contribution in [-0.4, -0.2) is 28.9 Å². The second kappa shape index (κ2) is 9.65. The predicted octanol–water partition coefficient (Wildman–Crippen LogP) is 5.37. The number of fused-ring (bicyclic) bond motifs is 3. The summed E-state index contributed by atoms with van der Waals surface area (Å²) in [6, 6.07) is 10.4. The summed E-state index contributed by atoms with van der Waals surface area (Å²) in [4.78, 5) is 0.231. The van der Waals surface area contributed by atoms with Gasteiger partial charge in [-0.15, -0.1) is 0 Å². The zero-order valence-electron chi connectivity index (χ0n) is 19.1. The summed E-state index contributed by atoms with van der Waals surface area (Å²) in [7, 11) is -7.23. The maximum Gasteiger partial charge on any atom is 0.240 e. The molecule has 0 amide bonds. The number of hydrogen-bond donors (Lipinski definition) is 2. The molecule has 2 saturated carbocycles. The van der Waals surface area contributed by atoms with E-state index in [0.29, 0.717) is 0 Å². The molecule has 6 nitrogen and oxygen atoms in total. The lowest BCUT2D eigenvalue weighted by atomic mass is 9.96. The Kier molecular flexibility index (Phi) is 6.94. The molecular weight excluding hydrogens is 536 g/mol. The summed E-state index contributed by atoms with van der Waals surface area (Å²) in [5, 5.41) is 0. The minimum atomic E-state index is -3.62. The number of sulfonamides is 2. The Labute approximate surface area is 211 Å². The van der Waals surface area contributed by atoms with E-state index in [-0.39, 0.29) is 26.7 Å². The number of hydrogen-bond acceptors (Lipinski definition) is 4. The standard InChI is InChI=1S/C25H31BrN2O4S2/c26-25-23-15-19(33(29,30)27-17-7-3-1-4-8-17)11-13-21(23)22-14-12-20(16-24(22)25)34(31,32)28-18-9-5-2-6-10-18/h11-18,25,27-28H,1-10H2. The van der Waals surface area contributed by atoms with Gasteiger partial charge >= 0.3 is 0 Å². The van der Waals surface area contributed by atoms with E-state index in [0.717, 1.165) is 86.5 Å². The van der Waals surface area contributed by atoms with Crippen molar-refractivity contribution in [3.05, 3.63) is 47.5 Å². The molecule has 0 radical (unpaired) electrons. The van der Waals surface area contributed by atoms with Crippen molar-refractivity contribution in [2.75, 3.05) is 0 Å². The molecule has 0 unspecified atom stereocenters. The van der Waals surface area contributed by atoms with Crippen LogP contribution in [0.2, 0.25) is 0 Å². The first-order valence-electron chi connectivity index (χ1n) is 12.2. The van der Waals surface area contributed by atoms with Crippen LogP contribution >= 0.6 is 15.9 Å². The van der Waals surface area contributed by atoms with Crippen LogP contribution < -0.4 is 9.44 Å². The number of rotatable bonds is 6. The third kappa shape index (κ3) is 4.87. The van der Waals surface area contributed by atoms with E-state index >= 15 is 0 Å². The Balaban J connectivity index is 1.40. The molecule has 9 heteroatoms. The average Bonchev–Trinajstić information content (AvgIpc) is 3.11. The van der Waals surface area contributed by atoms with Crippen molar-refractivity contribution < 1.29 is 16.8 Å². The highest BCUT2D eigenvalue weighted by molar-refractivity contribution is 9.09. The van der Waals surface area contributed by atoms with Crippen LogP contribution in [0, 0.1) is 0 Å². The molecule has 34 heavy (non-hydrogen) atoms. The van der Waals surface area contributed by atoms with Crippen LogP contribution in [-0.2, 0) is 20.0 Å². The first-order chi connectivity index (χ1) is 16.2. The molecule has 0 spiro atoms. The third-order valence-electron chi connectivity index (χ3n) is 7.36. The van der Waals surface area contributed by atoms with Gasteiger partial charge in [-0.05, 0) is 72.2 Å². The Morgan fingerprint density at radius 2 is 1.00 bits per heavy atom. The van der Waals surface area contributed by atoms with Crippen molar-refractivity contribution in [1.82, 2.24) is 9.44 Å². The maximum atomic E-state index is 13.0. The van der Waals surface area contributed by atoms with E-state index in [2.05, 4.69) is 25.4 Å². The lowest BCUT2D eigenvalue weighted by Crippen LogP contribution is -2.36. The highest BCUT2D eigenvalue weighted by Gasteiger charge is 2.31. The Morgan fingerprint density at radius 1 is 0.618 bits per heavy atom. The zero-order chi connectivity index (χ0) is 23.9. The van der Waals surface area contributed by atoms with E-state index in [1.807, 2.05) is 12.1 Å². The van der Waals surface area contributed by atoms with Gasteiger partial charge in [-0.25, -0.2) is 26.3 Å². The van der Waals surface area contributed by atoms with Gasteiger partial charge in [0.05, 0.1) is 14.6 Å². The Bertz CT molecular complexity index is 1180. The van der Waals surface area contributed by atoms with Gasteiger partial charge < -0.3 is 0 Å². The summed E-state index contributed by atoms with van der Waals surface area (Å²) in [6.07, 6.45) is 10.0. The zero-order valence-corrected chi connectivity index (χ0v) is 22.3. The highest BCUT2D eigenvalue weighted by Crippen LogP contribution is 2.49. The van der Waals surface area contributed by atoms with Crippen LogP contribution in [0.25, 0.3) is 11.1 Å². The molecule has 0 heterocycles. The fraction of sp³-hybridized carbons (Fsp3) is 0.520. The smallest absolute Gasteiger partial charge is 0.208 e. The fourth-order valence-electron chi connectivity index (χ4n) is 5.51. The summed E-state index contributed by atoms with van der Waals surface area (Å²) in [5.41, 5.74) is 3.54. The van der Waals surface area contributed by atoms with Crippen LogP contribution in [0.4, 0.5) is 0 Å². The minimum Gasteiger partial charge on any atom is -0.208 e. The molecule has 0 bridgehead atoms. The second-order valence-electron chi connectivity index (χ2n) is 9.77. The number of nitrogens with one attached hydrogen (secondary N) is 2. The van der Waals surface area contributed by atoms with Gasteiger partial charge in [0.2, 0.25) is 20.0 Å². The van der Waals surface area contributed by atoms with Crippen molar-refractivity contribution in [3.63, 3.8) is 0 Å². The van der Waals surface area contributed by atoms with Crippen molar-refractivity contribution in [3.8, 4) is 11.1 Å². The molecular formula is C25H31BrN2O4S2. The quantitative estimate of drug-likeness (QED) is 0.459. The van der Waals surface area contributed by atoms with E-state index < -0.39 is 20.0 Å². The van der Waals surface area contributed by atoms with E-state index in [1.54, 1.807) is 24.3 Å². The minimum absolute atomic E-state index is 0.00611. The lowest BCUT2D eigenvalue weighted by molar-refractivity contribution is 0.412. The number of benzene rings is 2. The molecule has 0 aliphatic heterocycles. The van der Waals surface area contributed by atoms with Gasteiger partial charge in [-0.3, -0.25) is 0 Å².